The van der Waals surface area contributed by atoms with E-state index in [0.29, 0.717) is 12.0 Å². The van der Waals surface area contributed by atoms with Gasteiger partial charge in [-0.3, -0.25) is 4.99 Å². The van der Waals surface area contributed by atoms with E-state index in [-0.39, 0.29) is 0 Å². The summed E-state index contributed by atoms with van der Waals surface area (Å²) in [5, 5.41) is 0. The minimum atomic E-state index is 0.321. The Balaban J connectivity index is 2.42. The van der Waals surface area contributed by atoms with E-state index in [1.54, 1.807) is 0 Å². The van der Waals surface area contributed by atoms with E-state index < -0.39 is 0 Å². The molecule has 1 atom stereocenters. The van der Waals surface area contributed by atoms with Gasteiger partial charge in [0, 0.05) is 12.5 Å². The highest BCUT2D eigenvalue weighted by Crippen LogP contribution is 2.23. The quantitative estimate of drug-likeness (QED) is 0.570. The van der Waals surface area contributed by atoms with E-state index in [9.17, 15) is 0 Å². The predicted molar refractivity (Wildman–Crippen MR) is 66.2 cm³/mol. The lowest BCUT2D eigenvalue weighted by Gasteiger charge is -2.22. The molecule has 0 spiro atoms. The van der Waals surface area contributed by atoms with Crippen molar-refractivity contribution in [2.24, 2.45) is 16.6 Å². The van der Waals surface area contributed by atoms with Crippen molar-refractivity contribution in [1.82, 2.24) is 4.90 Å². The second-order valence-corrected chi connectivity index (χ2v) is 5.00. The normalized spacial score (nSPS) is 22.0. The topological polar surface area (TPSA) is 41.6 Å². The van der Waals surface area contributed by atoms with Crippen LogP contribution in [0.4, 0.5) is 0 Å². The average Bonchev–Trinajstić information content (AvgIpc) is 2.17. The Labute approximate surface area is 93.7 Å². The highest BCUT2D eigenvalue weighted by molar-refractivity contribution is 5.83. The molecule has 0 aromatic rings. The van der Waals surface area contributed by atoms with Crippen molar-refractivity contribution >= 4 is 5.84 Å². The van der Waals surface area contributed by atoms with Gasteiger partial charge in [-0.1, -0.05) is 19.3 Å². The zero-order valence-electron chi connectivity index (χ0n) is 10.4. The maximum Gasteiger partial charge on any atom is 0.0972 e. The first-order valence-electron chi connectivity index (χ1n) is 6.07. The molecule has 0 saturated heterocycles. The van der Waals surface area contributed by atoms with Gasteiger partial charge in [-0.15, -0.1) is 0 Å². The van der Waals surface area contributed by atoms with Gasteiger partial charge in [-0.25, -0.2) is 0 Å². The molecule has 0 aromatic heterocycles. The summed E-state index contributed by atoms with van der Waals surface area (Å²) in [6, 6.07) is 0.321. The van der Waals surface area contributed by atoms with Crippen molar-refractivity contribution in [3.05, 3.63) is 0 Å². The van der Waals surface area contributed by atoms with Crippen molar-refractivity contribution < 1.29 is 0 Å². The third-order valence-electron chi connectivity index (χ3n) is 3.02. The number of amidine groups is 1. The van der Waals surface area contributed by atoms with Crippen LogP contribution in [0, 0.1) is 5.92 Å². The van der Waals surface area contributed by atoms with E-state index in [0.717, 1.165) is 12.4 Å². The summed E-state index contributed by atoms with van der Waals surface area (Å²) >= 11 is 0. The van der Waals surface area contributed by atoms with Crippen LogP contribution >= 0.6 is 0 Å². The number of likely N-dealkylation sites (N-methyl/N-ethyl adjacent to an activating group) is 1. The van der Waals surface area contributed by atoms with E-state index in [2.05, 4.69) is 30.9 Å². The molecular weight excluding hydrogens is 186 g/mol. The number of hydrogen-bond acceptors (Lipinski definition) is 2. The zero-order chi connectivity index (χ0) is 11.3. The minimum absolute atomic E-state index is 0.321. The summed E-state index contributed by atoms with van der Waals surface area (Å²) in [6.07, 6.45) is 6.50. The molecule has 15 heavy (non-hydrogen) atoms. The van der Waals surface area contributed by atoms with E-state index in [1.165, 1.54) is 32.1 Å². The van der Waals surface area contributed by atoms with Crippen molar-refractivity contribution in [3.8, 4) is 0 Å². The summed E-state index contributed by atoms with van der Waals surface area (Å²) in [7, 11) is 4.14. The van der Waals surface area contributed by atoms with Gasteiger partial charge in [0.05, 0.1) is 11.9 Å². The smallest absolute Gasteiger partial charge is 0.0972 e. The molecule has 1 aliphatic carbocycles. The summed E-state index contributed by atoms with van der Waals surface area (Å²) in [5.74, 6) is 1.45. The molecule has 0 bridgehead atoms. The Kier molecular flexibility index (Phi) is 5.09. The van der Waals surface area contributed by atoms with Crippen molar-refractivity contribution in [1.29, 1.82) is 0 Å². The minimum Gasteiger partial charge on any atom is -0.387 e. The first-order valence-corrected chi connectivity index (χ1v) is 6.07. The summed E-state index contributed by atoms with van der Waals surface area (Å²) in [4.78, 5) is 6.75. The van der Waals surface area contributed by atoms with Gasteiger partial charge in [0.1, 0.15) is 0 Å². The van der Waals surface area contributed by atoms with Gasteiger partial charge >= 0.3 is 0 Å². The van der Waals surface area contributed by atoms with E-state index in [4.69, 9.17) is 5.73 Å². The van der Waals surface area contributed by atoms with Crippen LogP contribution in [0.2, 0.25) is 0 Å². The van der Waals surface area contributed by atoms with Crippen LogP contribution < -0.4 is 5.73 Å². The Morgan fingerprint density at radius 2 is 1.93 bits per heavy atom. The van der Waals surface area contributed by atoms with Gasteiger partial charge in [-0.05, 0) is 33.9 Å². The van der Waals surface area contributed by atoms with Crippen LogP contribution in [0.3, 0.4) is 0 Å². The average molecular weight is 211 g/mol. The molecule has 1 saturated carbocycles. The van der Waals surface area contributed by atoms with Gasteiger partial charge in [0.2, 0.25) is 0 Å². The van der Waals surface area contributed by atoms with E-state index >= 15 is 0 Å². The molecule has 0 aliphatic heterocycles. The first kappa shape index (κ1) is 12.5. The van der Waals surface area contributed by atoms with Gasteiger partial charge in [0.15, 0.2) is 0 Å². The van der Waals surface area contributed by atoms with Gasteiger partial charge in [-0.2, -0.15) is 0 Å². The second kappa shape index (κ2) is 6.11. The van der Waals surface area contributed by atoms with Crippen molar-refractivity contribution in [2.45, 2.75) is 45.1 Å². The molecule has 1 unspecified atom stereocenters. The molecular formula is C12H25N3. The Hall–Kier alpha value is -0.570. The molecule has 3 nitrogen and oxygen atoms in total. The lowest BCUT2D eigenvalue weighted by molar-refractivity contribution is 0.380. The molecule has 0 amide bonds. The van der Waals surface area contributed by atoms with Crippen LogP contribution in [0.15, 0.2) is 4.99 Å². The standard InChI is InChI=1S/C12H25N3/c1-10(9-15(2)3)14-12(13)11-7-5-4-6-8-11/h10-11H,4-9H2,1-3H3,(H2,13,14). The summed E-state index contributed by atoms with van der Waals surface area (Å²) in [6.45, 7) is 3.11. The highest BCUT2D eigenvalue weighted by atomic mass is 15.1. The molecule has 0 aromatic carbocycles. The van der Waals surface area contributed by atoms with Crippen LogP contribution in [-0.2, 0) is 0 Å². The fraction of sp³-hybridized carbons (Fsp3) is 0.917. The zero-order valence-corrected chi connectivity index (χ0v) is 10.4. The number of nitrogens with two attached hydrogens (primary N) is 1. The third kappa shape index (κ3) is 4.65. The Bertz CT molecular complexity index is 205. The molecule has 3 heteroatoms. The summed E-state index contributed by atoms with van der Waals surface area (Å²) in [5.41, 5.74) is 6.06. The second-order valence-electron chi connectivity index (χ2n) is 5.00. The summed E-state index contributed by atoms with van der Waals surface area (Å²) < 4.78 is 0. The largest absolute Gasteiger partial charge is 0.387 e. The molecule has 0 radical (unpaired) electrons. The number of aliphatic imine (C=N–C) groups is 1. The fourth-order valence-corrected chi connectivity index (χ4v) is 2.33. The van der Waals surface area contributed by atoms with E-state index in [1.807, 2.05) is 0 Å². The van der Waals surface area contributed by atoms with Crippen LogP contribution in [0.25, 0.3) is 0 Å². The van der Waals surface area contributed by atoms with Crippen LogP contribution in [0.1, 0.15) is 39.0 Å². The molecule has 1 fully saturated rings. The van der Waals surface area contributed by atoms with Gasteiger partial charge in [0.25, 0.3) is 0 Å². The Morgan fingerprint density at radius 1 is 1.33 bits per heavy atom. The Morgan fingerprint density at radius 3 is 2.47 bits per heavy atom. The molecule has 1 aliphatic rings. The monoisotopic (exact) mass is 211 g/mol. The van der Waals surface area contributed by atoms with Crippen LogP contribution in [-0.4, -0.2) is 37.4 Å². The number of hydrogen-bond donors (Lipinski definition) is 1. The maximum atomic E-state index is 6.06. The highest BCUT2D eigenvalue weighted by Gasteiger charge is 2.17. The molecule has 2 N–H and O–H groups in total. The van der Waals surface area contributed by atoms with Crippen molar-refractivity contribution in [2.75, 3.05) is 20.6 Å². The first-order chi connectivity index (χ1) is 7.09. The number of nitrogens with zero attached hydrogens (tertiary/aromatic N) is 2. The molecule has 0 heterocycles. The lowest BCUT2D eigenvalue weighted by Crippen LogP contribution is -2.30. The SMILES string of the molecule is CC(CN(C)C)N=C(N)C1CCCCC1. The molecule has 88 valence electrons. The predicted octanol–water partition coefficient (Wildman–Crippen LogP) is 1.87. The fourth-order valence-electron chi connectivity index (χ4n) is 2.33. The lowest BCUT2D eigenvalue weighted by atomic mass is 9.88. The van der Waals surface area contributed by atoms with Crippen LogP contribution in [0.5, 0.6) is 0 Å². The maximum absolute atomic E-state index is 6.06. The van der Waals surface area contributed by atoms with Crippen molar-refractivity contribution in [3.63, 3.8) is 0 Å². The third-order valence-corrected chi connectivity index (χ3v) is 3.02. The van der Waals surface area contributed by atoms with Gasteiger partial charge < -0.3 is 10.6 Å². The molecule has 1 rings (SSSR count). The number of rotatable bonds is 4.